The molecule has 0 bridgehead atoms. The second-order valence-corrected chi connectivity index (χ2v) is 5.73. The SMILES string of the molecule is Cc1cc(=O)n2ncnc2n1CC(O)c1cc(Cl)ccc1Cl. The largest absolute Gasteiger partial charge is 0.386 e. The molecule has 1 aromatic carbocycles. The van der Waals surface area contributed by atoms with E-state index >= 15 is 0 Å². The number of aliphatic hydroxyl groups is 1. The molecule has 0 aliphatic carbocycles. The lowest BCUT2D eigenvalue weighted by Crippen LogP contribution is -2.22. The van der Waals surface area contributed by atoms with Crippen LogP contribution in [0.5, 0.6) is 0 Å². The van der Waals surface area contributed by atoms with Crippen LogP contribution in [0.2, 0.25) is 10.0 Å². The summed E-state index contributed by atoms with van der Waals surface area (Å²) in [5.41, 5.74) is 0.921. The zero-order valence-corrected chi connectivity index (χ0v) is 13.1. The first-order chi connectivity index (χ1) is 10.5. The van der Waals surface area contributed by atoms with Crippen LogP contribution in [0, 0.1) is 6.92 Å². The molecule has 0 amide bonds. The summed E-state index contributed by atoms with van der Waals surface area (Å²) in [6.07, 6.45) is 0.402. The van der Waals surface area contributed by atoms with E-state index in [0.717, 1.165) is 0 Å². The fraction of sp³-hybridized carbons (Fsp3) is 0.214. The van der Waals surface area contributed by atoms with Crippen LogP contribution >= 0.6 is 23.2 Å². The molecule has 1 atom stereocenters. The zero-order valence-electron chi connectivity index (χ0n) is 11.6. The van der Waals surface area contributed by atoms with Crippen LogP contribution in [-0.2, 0) is 6.54 Å². The van der Waals surface area contributed by atoms with Crippen LogP contribution in [0.15, 0.2) is 35.4 Å². The molecular formula is C14H12Cl2N4O2. The lowest BCUT2D eigenvalue weighted by molar-refractivity contribution is 0.156. The Morgan fingerprint density at radius 2 is 2.09 bits per heavy atom. The molecule has 1 unspecified atom stereocenters. The maximum absolute atomic E-state index is 11.8. The number of aryl methyl sites for hydroxylation is 1. The van der Waals surface area contributed by atoms with Crippen molar-refractivity contribution < 1.29 is 5.11 Å². The van der Waals surface area contributed by atoms with Gasteiger partial charge < -0.3 is 9.67 Å². The second kappa shape index (κ2) is 5.72. The van der Waals surface area contributed by atoms with Gasteiger partial charge in [-0.05, 0) is 25.1 Å². The van der Waals surface area contributed by atoms with E-state index in [2.05, 4.69) is 10.1 Å². The standard InChI is InChI=1S/C14H12Cl2N4O2/c1-8-4-13(22)20-14(17-7-18-20)19(8)6-12(21)10-5-9(15)2-3-11(10)16/h2-5,7,12,21H,6H2,1H3. The molecule has 0 radical (unpaired) electrons. The van der Waals surface area contributed by atoms with Gasteiger partial charge in [-0.15, -0.1) is 0 Å². The van der Waals surface area contributed by atoms with Crippen molar-refractivity contribution in [1.82, 2.24) is 19.2 Å². The van der Waals surface area contributed by atoms with Crippen LogP contribution < -0.4 is 5.56 Å². The number of nitrogens with zero attached hydrogens (tertiary/aromatic N) is 4. The van der Waals surface area contributed by atoms with Crippen molar-refractivity contribution in [2.75, 3.05) is 0 Å². The Labute approximate surface area is 135 Å². The Kier molecular flexibility index (Phi) is 3.90. The summed E-state index contributed by atoms with van der Waals surface area (Å²) in [6, 6.07) is 6.34. The van der Waals surface area contributed by atoms with Crippen LogP contribution in [0.25, 0.3) is 5.78 Å². The monoisotopic (exact) mass is 338 g/mol. The quantitative estimate of drug-likeness (QED) is 0.794. The second-order valence-electron chi connectivity index (χ2n) is 4.89. The van der Waals surface area contributed by atoms with Gasteiger partial charge in [0, 0.05) is 27.4 Å². The molecule has 22 heavy (non-hydrogen) atoms. The smallest absolute Gasteiger partial charge is 0.275 e. The lowest BCUT2D eigenvalue weighted by atomic mass is 10.1. The van der Waals surface area contributed by atoms with Crippen LogP contribution in [0.4, 0.5) is 0 Å². The van der Waals surface area contributed by atoms with Crippen LogP contribution in [-0.4, -0.2) is 24.3 Å². The number of benzene rings is 1. The predicted octanol–water partition coefficient (Wildman–Crippen LogP) is 2.24. The van der Waals surface area contributed by atoms with Crippen molar-refractivity contribution in [2.24, 2.45) is 0 Å². The van der Waals surface area contributed by atoms with E-state index < -0.39 is 6.10 Å². The Balaban J connectivity index is 2.05. The van der Waals surface area contributed by atoms with E-state index in [4.69, 9.17) is 23.2 Å². The minimum absolute atomic E-state index is 0.175. The van der Waals surface area contributed by atoms with Crippen molar-refractivity contribution in [3.63, 3.8) is 0 Å². The summed E-state index contributed by atoms with van der Waals surface area (Å²) >= 11 is 12.1. The van der Waals surface area contributed by atoms with Crippen molar-refractivity contribution in [3.05, 3.63) is 62.2 Å². The molecule has 1 N–H and O–H groups in total. The number of halogens is 2. The molecule has 2 aromatic heterocycles. The first kappa shape index (κ1) is 15.0. The number of rotatable bonds is 3. The van der Waals surface area contributed by atoms with E-state index in [0.29, 0.717) is 27.1 Å². The van der Waals surface area contributed by atoms with Gasteiger partial charge in [-0.1, -0.05) is 23.2 Å². The molecule has 0 aliphatic rings. The zero-order chi connectivity index (χ0) is 15.9. The summed E-state index contributed by atoms with van der Waals surface area (Å²) in [7, 11) is 0. The third-order valence-corrected chi connectivity index (χ3v) is 3.99. The number of hydrogen-bond acceptors (Lipinski definition) is 4. The third-order valence-electron chi connectivity index (χ3n) is 3.41. The number of fused-ring (bicyclic) bond motifs is 1. The molecule has 0 spiro atoms. The van der Waals surface area contributed by atoms with Gasteiger partial charge in [-0.25, -0.2) is 0 Å². The number of hydrogen-bond donors (Lipinski definition) is 1. The molecule has 3 aromatic rings. The summed E-state index contributed by atoms with van der Waals surface area (Å²) in [4.78, 5) is 15.9. The summed E-state index contributed by atoms with van der Waals surface area (Å²) in [6.45, 7) is 1.94. The molecule has 0 fully saturated rings. The van der Waals surface area contributed by atoms with Crippen molar-refractivity contribution in [1.29, 1.82) is 0 Å². The van der Waals surface area contributed by atoms with Crippen LogP contribution in [0.3, 0.4) is 0 Å². The molecule has 3 rings (SSSR count). The van der Waals surface area contributed by atoms with Crippen molar-refractivity contribution in [2.45, 2.75) is 19.6 Å². The Morgan fingerprint density at radius 1 is 1.32 bits per heavy atom. The first-order valence-corrected chi connectivity index (χ1v) is 7.26. The maximum atomic E-state index is 11.8. The normalized spacial score (nSPS) is 12.7. The summed E-state index contributed by atoms with van der Waals surface area (Å²) < 4.78 is 2.88. The first-order valence-electron chi connectivity index (χ1n) is 6.50. The van der Waals surface area contributed by atoms with E-state index in [-0.39, 0.29) is 12.1 Å². The third kappa shape index (κ3) is 2.61. The molecule has 6 nitrogen and oxygen atoms in total. The molecule has 8 heteroatoms. The molecular weight excluding hydrogens is 327 g/mol. The molecule has 0 saturated heterocycles. The average molecular weight is 339 g/mol. The minimum Gasteiger partial charge on any atom is -0.386 e. The van der Waals surface area contributed by atoms with Gasteiger partial charge in [0.25, 0.3) is 5.56 Å². The Bertz CT molecular complexity index is 903. The van der Waals surface area contributed by atoms with E-state index in [1.165, 1.54) is 16.9 Å². The highest BCUT2D eigenvalue weighted by molar-refractivity contribution is 6.33. The van der Waals surface area contributed by atoms with Gasteiger partial charge in [0.2, 0.25) is 5.78 Å². The highest BCUT2D eigenvalue weighted by Crippen LogP contribution is 2.27. The summed E-state index contributed by atoms with van der Waals surface area (Å²) in [5, 5.41) is 15.3. The minimum atomic E-state index is -0.895. The van der Waals surface area contributed by atoms with Gasteiger partial charge in [-0.2, -0.15) is 14.6 Å². The molecule has 0 saturated carbocycles. The molecule has 114 valence electrons. The van der Waals surface area contributed by atoms with E-state index in [1.807, 2.05) is 0 Å². The topological polar surface area (TPSA) is 72.4 Å². The molecule has 2 heterocycles. The van der Waals surface area contributed by atoms with Gasteiger partial charge in [0.15, 0.2) is 0 Å². The van der Waals surface area contributed by atoms with Gasteiger partial charge in [-0.3, -0.25) is 4.79 Å². The van der Waals surface area contributed by atoms with Gasteiger partial charge in [0.05, 0.1) is 12.6 Å². The predicted molar refractivity (Wildman–Crippen MR) is 83.4 cm³/mol. The summed E-state index contributed by atoms with van der Waals surface area (Å²) in [5.74, 6) is 0.363. The van der Waals surface area contributed by atoms with Crippen molar-refractivity contribution in [3.8, 4) is 0 Å². The van der Waals surface area contributed by atoms with Gasteiger partial charge in [0.1, 0.15) is 6.33 Å². The van der Waals surface area contributed by atoms with Gasteiger partial charge >= 0.3 is 0 Å². The number of aliphatic hydroxyl groups excluding tert-OH is 1. The maximum Gasteiger partial charge on any atom is 0.275 e. The van der Waals surface area contributed by atoms with E-state index in [1.54, 1.807) is 29.7 Å². The highest BCUT2D eigenvalue weighted by atomic mass is 35.5. The molecule has 0 aliphatic heterocycles. The lowest BCUT2D eigenvalue weighted by Gasteiger charge is -2.17. The fourth-order valence-corrected chi connectivity index (χ4v) is 2.74. The fourth-order valence-electron chi connectivity index (χ4n) is 2.32. The number of aromatic nitrogens is 4. The average Bonchev–Trinajstić information content (AvgIpc) is 2.95. The Hall–Kier alpha value is -1.89. The van der Waals surface area contributed by atoms with Crippen molar-refractivity contribution >= 4 is 29.0 Å². The van der Waals surface area contributed by atoms with E-state index in [9.17, 15) is 9.90 Å². The van der Waals surface area contributed by atoms with Crippen LogP contribution in [0.1, 0.15) is 17.4 Å². The highest BCUT2D eigenvalue weighted by Gasteiger charge is 2.16. The Morgan fingerprint density at radius 3 is 2.86 bits per heavy atom.